The summed E-state index contributed by atoms with van der Waals surface area (Å²) in [5, 5.41) is 10.5. The van der Waals surface area contributed by atoms with Gasteiger partial charge in [0.2, 0.25) is 0 Å². The number of hydrogen-bond donors (Lipinski definition) is 2. The lowest BCUT2D eigenvalue weighted by molar-refractivity contribution is 0.584. The van der Waals surface area contributed by atoms with Crippen LogP contribution in [-0.2, 0) is 0 Å². The SMILES string of the molecule is Cl.Cl.Fc1ccccc1-c1cc(N2CCNCC2)n[nH]1. The number of nitrogens with one attached hydrogen (secondary N) is 2. The number of halogens is 3. The second kappa shape index (κ2) is 7.47. The van der Waals surface area contributed by atoms with Crippen molar-refractivity contribution in [3.8, 4) is 11.3 Å². The maximum Gasteiger partial charge on any atom is 0.151 e. The van der Waals surface area contributed by atoms with Crippen molar-refractivity contribution >= 4 is 30.6 Å². The number of rotatable bonds is 2. The van der Waals surface area contributed by atoms with Crippen molar-refractivity contribution in [1.82, 2.24) is 15.5 Å². The molecule has 0 spiro atoms. The average molecular weight is 319 g/mol. The zero-order valence-corrected chi connectivity index (χ0v) is 12.4. The molecule has 1 fully saturated rings. The van der Waals surface area contributed by atoms with Crippen LogP contribution in [-0.4, -0.2) is 36.4 Å². The van der Waals surface area contributed by atoms with E-state index in [1.165, 1.54) is 6.07 Å². The summed E-state index contributed by atoms with van der Waals surface area (Å²) in [6.45, 7) is 3.78. The number of anilines is 1. The van der Waals surface area contributed by atoms with E-state index in [9.17, 15) is 4.39 Å². The molecule has 1 aliphatic heterocycles. The number of benzene rings is 1. The lowest BCUT2D eigenvalue weighted by Gasteiger charge is -2.26. The molecule has 7 heteroatoms. The van der Waals surface area contributed by atoms with Gasteiger partial charge in [-0.05, 0) is 12.1 Å². The molecule has 110 valence electrons. The fourth-order valence-corrected chi connectivity index (χ4v) is 2.18. The molecule has 4 nitrogen and oxygen atoms in total. The summed E-state index contributed by atoms with van der Waals surface area (Å²) in [6, 6.07) is 8.63. The van der Waals surface area contributed by atoms with E-state index in [4.69, 9.17) is 0 Å². The molecule has 3 rings (SSSR count). The van der Waals surface area contributed by atoms with Crippen LogP contribution in [0.25, 0.3) is 11.3 Å². The summed E-state index contributed by atoms with van der Waals surface area (Å²) in [5.74, 6) is 0.655. The first kappa shape index (κ1) is 16.8. The summed E-state index contributed by atoms with van der Waals surface area (Å²) in [7, 11) is 0. The molecule has 1 aromatic carbocycles. The highest BCUT2D eigenvalue weighted by Crippen LogP contribution is 2.24. The predicted octanol–water partition coefficient (Wildman–Crippen LogP) is 2.47. The molecule has 0 saturated carbocycles. The largest absolute Gasteiger partial charge is 0.353 e. The van der Waals surface area contributed by atoms with Crippen LogP contribution in [0.5, 0.6) is 0 Å². The minimum absolute atomic E-state index is 0. The van der Waals surface area contributed by atoms with Crippen LogP contribution >= 0.6 is 24.8 Å². The van der Waals surface area contributed by atoms with Crippen LogP contribution in [0.3, 0.4) is 0 Å². The summed E-state index contributed by atoms with van der Waals surface area (Å²) in [6.07, 6.45) is 0. The summed E-state index contributed by atoms with van der Waals surface area (Å²) in [4.78, 5) is 2.19. The highest BCUT2D eigenvalue weighted by molar-refractivity contribution is 5.85. The van der Waals surface area contributed by atoms with E-state index in [0.29, 0.717) is 5.56 Å². The van der Waals surface area contributed by atoms with Gasteiger partial charge in [-0.15, -0.1) is 24.8 Å². The van der Waals surface area contributed by atoms with Gasteiger partial charge >= 0.3 is 0 Å². The van der Waals surface area contributed by atoms with E-state index in [1.807, 2.05) is 12.1 Å². The minimum Gasteiger partial charge on any atom is -0.353 e. The monoisotopic (exact) mass is 318 g/mol. The second-order valence-corrected chi connectivity index (χ2v) is 4.36. The Kier molecular flexibility index (Phi) is 6.26. The Morgan fingerprint density at radius 1 is 1.10 bits per heavy atom. The van der Waals surface area contributed by atoms with Gasteiger partial charge in [-0.1, -0.05) is 12.1 Å². The normalized spacial score (nSPS) is 14.3. The topological polar surface area (TPSA) is 44.0 Å². The smallest absolute Gasteiger partial charge is 0.151 e. The molecule has 1 saturated heterocycles. The number of H-pyrrole nitrogens is 1. The fourth-order valence-electron chi connectivity index (χ4n) is 2.18. The van der Waals surface area contributed by atoms with Crippen molar-refractivity contribution in [2.24, 2.45) is 0 Å². The van der Waals surface area contributed by atoms with Crippen molar-refractivity contribution in [2.75, 3.05) is 31.1 Å². The third-order valence-corrected chi connectivity index (χ3v) is 3.17. The van der Waals surface area contributed by atoms with Gasteiger partial charge in [-0.2, -0.15) is 5.10 Å². The van der Waals surface area contributed by atoms with Crippen molar-refractivity contribution in [1.29, 1.82) is 0 Å². The van der Waals surface area contributed by atoms with E-state index in [-0.39, 0.29) is 30.6 Å². The molecule has 0 aliphatic carbocycles. The third-order valence-electron chi connectivity index (χ3n) is 3.17. The Morgan fingerprint density at radius 3 is 2.50 bits per heavy atom. The Balaban J connectivity index is 0.000001000. The molecule has 0 atom stereocenters. The number of aromatic amines is 1. The molecular formula is C13H17Cl2FN4. The van der Waals surface area contributed by atoms with Crippen LogP contribution in [0.15, 0.2) is 30.3 Å². The van der Waals surface area contributed by atoms with Crippen LogP contribution in [0, 0.1) is 5.82 Å². The molecule has 1 aliphatic rings. The lowest BCUT2D eigenvalue weighted by Crippen LogP contribution is -2.43. The first-order chi connectivity index (χ1) is 8.84. The maximum absolute atomic E-state index is 13.7. The van der Waals surface area contributed by atoms with Crippen LogP contribution in [0.1, 0.15) is 0 Å². The molecule has 2 heterocycles. The van der Waals surface area contributed by atoms with Gasteiger partial charge in [0.1, 0.15) is 5.82 Å². The quantitative estimate of drug-likeness (QED) is 0.894. The first-order valence-corrected chi connectivity index (χ1v) is 6.10. The Bertz CT molecular complexity index is 541. The zero-order valence-electron chi connectivity index (χ0n) is 10.8. The number of hydrogen-bond acceptors (Lipinski definition) is 3. The number of aromatic nitrogens is 2. The third kappa shape index (κ3) is 3.42. The second-order valence-electron chi connectivity index (χ2n) is 4.36. The standard InChI is InChI=1S/C13H15FN4.2ClH/c14-11-4-2-1-3-10(11)12-9-13(17-16-12)18-7-5-15-6-8-18;;/h1-4,9,15H,5-8H2,(H,16,17);2*1H. The summed E-state index contributed by atoms with van der Waals surface area (Å²) in [5.41, 5.74) is 1.29. The Morgan fingerprint density at radius 2 is 1.80 bits per heavy atom. The molecule has 0 radical (unpaired) electrons. The highest BCUT2D eigenvalue weighted by atomic mass is 35.5. The zero-order chi connectivity index (χ0) is 12.4. The van der Waals surface area contributed by atoms with Crippen LogP contribution in [0.4, 0.5) is 10.2 Å². The highest BCUT2D eigenvalue weighted by Gasteiger charge is 2.14. The van der Waals surface area contributed by atoms with E-state index in [1.54, 1.807) is 12.1 Å². The van der Waals surface area contributed by atoms with Gasteiger partial charge in [0.25, 0.3) is 0 Å². The molecule has 0 amide bonds. The van der Waals surface area contributed by atoms with Crippen molar-refractivity contribution < 1.29 is 4.39 Å². The minimum atomic E-state index is -0.229. The summed E-state index contributed by atoms with van der Waals surface area (Å²) >= 11 is 0. The summed E-state index contributed by atoms with van der Waals surface area (Å²) < 4.78 is 13.7. The van der Waals surface area contributed by atoms with Crippen LogP contribution < -0.4 is 10.2 Å². The van der Waals surface area contributed by atoms with Crippen molar-refractivity contribution in [3.05, 3.63) is 36.1 Å². The molecule has 1 aromatic heterocycles. The van der Waals surface area contributed by atoms with Crippen molar-refractivity contribution in [2.45, 2.75) is 0 Å². The Labute approximate surface area is 129 Å². The van der Waals surface area contributed by atoms with E-state index in [2.05, 4.69) is 20.4 Å². The molecule has 2 aromatic rings. The van der Waals surface area contributed by atoms with E-state index >= 15 is 0 Å². The van der Waals surface area contributed by atoms with E-state index in [0.717, 1.165) is 37.7 Å². The van der Waals surface area contributed by atoms with Gasteiger partial charge in [0, 0.05) is 37.8 Å². The molecule has 0 unspecified atom stereocenters. The van der Waals surface area contributed by atoms with Gasteiger partial charge in [-0.25, -0.2) is 4.39 Å². The average Bonchev–Trinajstić information content (AvgIpc) is 2.90. The molecular weight excluding hydrogens is 302 g/mol. The van der Waals surface area contributed by atoms with E-state index < -0.39 is 0 Å². The molecule has 0 bridgehead atoms. The van der Waals surface area contributed by atoms with Crippen molar-refractivity contribution in [3.63, 3.8) is 0 Å². The van der Waals surface area contributed by atoms with Gasteiger partial charge < -0.3 is 10.2 Å². The van der Waals surface area contributed by atoms with Gasteiger partial charge in [0.15, 0.2) is 5.82 Å². The number of nitrogens with zero attached hydrogens (tertiary/aromatic N) is 2. The maximum atomic E-state index is 13.7. The molecule has 2 N–H and O–H groups in total. The van der Waals surface area contributed by atoms with Gasteiger partial charge in [-0.3, -0.25) is 5.10 Å². The Hall–Kier alpha value is -1.30. The molecule has 20 heavy (non-hydrogen) atoms. The first-order valence-electron chi connectivity index (χ1n) is 6.10. The van der Waals surface area contributed by atoms with Gasteiger partial charge in [0.05, 0.1) is 5.69 Å². The fraction of sp³-hybridized carbons (Fsp3) is 0.308. The number of piperazine rings is 1. The predicted molar refractivity (Wildman–Crippen MR) is 83.6 cm³/mol. The van der Waals surface area contributed by atoms with Crippen LogP contribution in [0.2, 0.25) is 0 Å². The lowest BCUT2D eigenvalue weighted by atomic mass is 10.1.